The molecule has 0 amide bonds. The van der Waals surface area contributed by atoms with Gasteiger partial charge in [0.1, 0.15) is 5.82 Å². The van der Waals surface area contributed by atoms with E-state index < -0.39 is 0 Å². The molecule has 2 rings (SSSR count). The molecule has 0 nitrogen and oxygen atoms in total. The van der Waals surface area contributed by atoms with Crippen molar-refractivity contribution in [3.05, 3.63) is 59.4 Å². The Morgan fingerprint density at radius 1 is 0.739 bits per heavy atom. The van der Waals surface area contributed by atoms with Crippen LogP contribution < -0.4 is 0 Å². The summed E-state index contributed by atoms with van der Waals surface area (Å²) >= 11 is 0. The Morgan fingerprint density at radius 3 is 2.00 bits per heavy atom. The summed E-state index contributed by atoms with van der Waals surface area (Å²) in [5, 5.41) is 0. The Bertz CT molecular complexity index is 587. The lowest BCUT2D eigenvalue weighted by molar-refractivity contribution is 0.450. The molecule has 23 heavy (non-hydrogen) atoms. The summed E-state index contributed by atoms with van der Waals surface area (Å²) in [6, 6.07) is 13.8. The predicted molar refractivity (Wildman–Crippen MR) is 94.0 cm³/mol. The zero-order chi connectivity index (χ0) is 16.5. The molecule has 0 aromatic heterocycles. The van der Waals surface area contributed by atoms with Gasteiger partial charge in [-0.25, -0.2) is 4.39 Å². The van der Waals surface area contributed by atoms with Crippen LogP contribution in [0.2, 0.25) is 0 Å². The van der Waals surface area contributed by atoms with Crippen LogP contribution in [0.25, 0.3) is 11.1 Å². The van der Waals surface area contributed by atoms with Gasteiger partial charge in [-0.1, -0.05) is 62.1 Å². The SMILES string of the molecule is Cc1ccc(-c2ccc(CCCCCCCCF)cc2)cc1F. The van der Waals surface area contributed by atoms with E-state index in [0.717, 1.165) is 30.4 Å². The maximum absolute atomic E-state index is 13.6. The summed E-state index contributed by atoms with van der Waals surface area (Å²) in [7, 11) is 0. The molecule has 0 aliphatic carbocycles. The molecule has 0 unspecified atom stereocenters. The van der Waals surface area contributed by atoms with Crippen molar-refractivity contribution >= 4 is 0 Å². The van der Waals surface area contributed by atoms with Gasteiger partial charge >= 0.3 is 0 Å². The molecule has 0 heterocycles. The molecular formula is C21H26F2. The van der Waals surface area contributed by atoms with Crippen molar-refractivity contribution in [2.45, 2.75) is 51.9 Å². The predicted octanol–water partition coefficient (Wildman–Crippen LogP) is 6.65. The van der Waals surface area contributed by atoms with Crippen molar-refractivity contribution in [3.8, 4) is 11.1 Å². The van der Waals surface area contributed by atoms with Crippen molar-refractivity contribution in [1.82, 2.24) is 0 Å². The number of aryl methyl sites for hydroxylation is 2. The van der Waals surface area contributed by atoms with Crippen molar-refractivity contribution in [1.29, 1.82) is 0 Å². The average Bonchev–Trinajstić information content (AvgIpc) is 2.57. The largest absolute Gasteiger partial charge is 0.251 e. The number of rotatable bonds is 9. The van der Waals surface area contributed by atoms with Gasteiger partial charge < -0.3 is 0 Å². The molecule has 0 fully saturated rings. The molecule has 0 N–H and O–H groups in total. The van der Waals surface area contributed by atoms with Crippen LogP contribution in [0.4, 0.5) is 8.78 Å². The van der Waals surface area contributed by atoms with Crippen LogP contribution in [-0.4, -0.2) is 6.67 Å². The normalized spacial score (nSPS) is 10.9. The summed E-state index contributed by atoms with van der Waals surface area (Å²) in [5.41, 5.74) is 3.98. The molecule has 0 saturated carbocycles. The molecule has 0 spiro atoms. The minimum absolute atomic E-state index is 0.153. The first-order valence-electron chi connectivity index (χ1n) is 8.62. The van der Waals surface area contributed by atoms with Gasteiger partial charge in [0.05, 0.1) is 6.67 Å². The smallest absolute Gasteiger partial charge is 0.126 e. The highest BCUT2D eigenvalue weighted by molar-refractivity contribution is 5.64. The molecule has 2 aromatic rings. The number of hydrogen-bond donors (Lipinski definition) is 0. The number of hydrogen-bond acceptors (Lipinski definition) is 0. The fourth-order valence-corrected chi connectivity index (χ4v) is 2.77. The van der Waals surface area contributed by atoms with E-state index in [1.54, 1.807) is 13.0 Å². The summed E-state index contributed by atoms with van der Waals surface area (Å²) in [4.78, 5) is 0. The molecule has 2 aromatic carbocycles. The van der Waals surface area contributed by atoms with Crippen molar-refractivity contribution < 1.29 is 8.78 Å². The minimum atomic E-state index is -0.183. The first-order valence-corrected chi connectivity index (χ1v) is 8.62. The van der Waals surface area contributed by atoms with Gasteiger partial charge in [-0.2, -0.15) is 0 Å². The van der Waals surface area contributed by atoms with Crippen LogP contribution in [0, 0.1) is 12.7 Å². The molecule has 0 radical (unpaired) electrons. The number of alkyl halides is 1. The fraction of sp³-hybridized carbons (Fsp3) is 0.429. The lowest BCUT2D eigenvalue weighted by Gasteiger charge is -2.06. The van der Waals surface area contributed by atoms with Gasteiger partial charge in [0.2, 0.25) is 0 Å². The quantitative estimate of drug-likeness (QED) is 0.454. The van der Waals surface area contributed by atoms with Crippen molar-refractivity contribution in [3.63, 3.8) is 0 Å². The Labute approximate surface area is 138 Å². The fourth-order valence-electron chi connectivity index (χ4n) is 2.77. The van der Waals surface area contributed by atoms with E-state index in [2.05, 4.69) is 24.3 Å². The van der Waals surface area contributed by atoms with E-state index in [1.807, 2.05) is 12.1 Å². The monoisotopic (exact) mass is 316 g/mol. The van der Waals surface area contributed by atoms with Crippen LogP contribution in [-0.2, 0) is 6.42 Å². The molecule has 0 bridgehead atoms. The zero-order valence-electron chi connectivity index (χ0n) is 14.0. The van der Waals surface area contributed by atoms with Crippen molar-refractivity contribution in [2.75, 3.05) is 6.67 Å². The summed E-state index contributed by atoms with van der Waals surface area (Å²) in [6.07, 6.45) is 7.51. The Balaban J connectivity index is 1.79. The van der Waals surface area contributed by atoms with E-state index in [-0.39, 0.29) is 12.5 Å². The second kappa shape index (κ2) is 9.44. The highest BCUT2D eigenvalue weighted by Gasteiger charge is 2.02. The maximum atomic E-state index is 13.6. The number of unbranched alkanes of at least 4 members (excludes halogenated alkanes) is 5. The topological polar surface area (TPSA) is 0 Å². The third kappa shape index (κ3) is 5.78. The van der Waals surface area contributed by atoms with Crippen LogP contribution in [0.3, 0.4) is 0 Å². The summed E-state index contributed by atoms with van der Waals surface area (Å²) in [6.45, 7) is 1.59. The van der Waals surface area contributed by atoms with Gasteiger partial charge in [0.25, 0.3) is 0 Å². The Kier molecular flexibility index (Phi) is 7.25. The lowest BCUT2D eigenvalue weighted by atomic mass is 10.00. The molecule has 0 aliphatic rings. The van der Waals surface area contributed by atoms with Crippen molar-refractivity contribution in [2.24, 2.45) is 0 Å². The average molecular weight is 316 g/mol. The standard InChI is InChI=1S/C21H26F2/c1-17-9-12-20(16-21(17)23)19-13-10-18(11-14-19)8-6-4-2-3-5-7-15-22/h9-14,16H,2-8,15H2,1H3. The van der Waals surface area contributed by atoms with Gasteiger partial charge in [-0.3, -0.25) is 4.39 Å². The Morgan fingerprint density at radius 2 is 1.35 bits per heavy atom. The molecule has 0 aliphatic heterocycles. The van der Waals surface area contributed by atoms with Gasteiger partial charge in [0, 0.05) is 0 Å². The lowest BCUT2D eigenvalue weighted by Crippen LogP contribution is -1.88. The highest BCUT2D eigenvalue weighted by atomic mass is 19.1. The third-order valence-electron chi connectivity index (χ3n) is 4.31. The van der Waals surface area contributed by atoms with Gasteiger partial charge in [0.15, 0.2) is 0 Å². The zero-order valence-corrected chi connectivity index (χ0v) is 14.0. The summed E-state index contributed by atoms with van der Waals surface area (Å²) in [5.74, 6) is -0.153. The Hall–Kier alpha value is -1.70. The number of benzene rings is 2. The highest BCUT2D eigenvalue weighted by Crippen LogP contribution is 2.22. The van der Waals surface area contributed by atoms with Gasteiger partial charge in [-0.15, -0.1) is 0 Å². The molecule has 0 atom stereocenters. The van der Waals surface area contributed by atoms with Crippen LogP contribution in [0.15, 0.2) is 42.5 Å². The first-order chi connectivity index (χ1) is 11.2. The summed E-state index contributed by atoms with van der Waals surface area (Å²) < 4.78 is 25.6. The second-order valence-electron chi connectivity index (χ2n) is 6.22. The molecule has 124 valence electrons. The van der Waals surface area contributed by atoms with E-state index in [1.165, 1.54) is 24.8 Å². The number of halogens is 2. The van der Waals surface area contributed by atoms with Crippen LogP contribution in [0.1, 0.15) is 49.7 Å². The van der Waals surface area contributed by atoms with E-state index >= 15 is 0 Å². The van der Waals surface area contributed by atoms with E-state index in [9.17, 15) is 8.78 Å². The maximum Gasteiger partial charge on any atom is 0.126 e. The second-order valence-corrected chi connectivity index (χ2v) is 6.22. The van der Waals surface area contributed by atoms with E-state index in [0.29, 0.717) is 12.0 Å². The third-order valence-corrected chi connectivity index (χ3v) is 4.31. The first kappa shape index (κ1) is 17.7. The molecule has 2 heteroatoms. The van der Waals surface area contributed by atoms with E-state index in [4.69, 9.17) is 0 Å². The van der Waals surface area contributed by atoms with Crippen LogP contribution >= 0.6 is 0 Å². The van der Waals surface area contributed by atoms with Crippen LogP contribution in [0.5, 0.6) is 0 Å². The molecular weight excluding hydrogens is 290 g/mol. The minimum Gasteiger partial charge on any atom is -0.251 e. The van der Waals surface area contributed by atoms with Gasteiger partial charge in [-0.05, 0) is 54.5 Å². The molecule has 0 saturated heterocycles.